The number of anilines is 1. The standard InChI is InChI=1S/C12H15Cl3N2O2/c1-19-4-2-3-16-12(18)7-17-11-6-9(14)8(13)5-10(11)15/h5-6,17H,2-4,7H2,1H3,(H,16,18). The minimum absolute atomic E-state index is 0.116. The average Bonchev–Trinajstić information content (AvgIpc) is 2.37. The zero-order valence-electron chi connectivity index (χ0n) is 10.4. The quantitative estimate of drug-likeness (QED) is 0.598. The summed E-state index contributed by atoms with van der Waals surface area (Å²) in [5, 5.41) is 6.83. The molecule has 1 aromatic carbocycles. The molecule has 0 fully saturated rings. The first-order chi connectivity index (χ1) is 9.04. The second-order valence-electron chi connectivity index (χ2n) is 3.80. The molecule has 1 amide bonds. The molecule has 0 aliphatic rings. The highest BCUT2D eigenvalue weighted by Gasteiger charge is 2.07. The predicted octanol–water partition coefficient (Wildman–Crippen LogP) is 3.21. The van der Waals surface area contributed by atoms with Gasteiger partial charge in [0.1, 0.15) is 0 Å². The van der Waals surface area contributed by atoms with Gasteiger partial charge in [0.25, 0.3) is 0 Å². The average molecular weight is 326 g/mol. The third kappa shape index (κ3) is 5.87. The van der Waals surface area contributed by atoms with E-state index < -0.39 is 0 Å². The van der Waals surface area contributed by atoms with Crippen LogP contribution in [0.1, 0.15) is 6.42 Å². The topological polar surface area (TPSA) is 50.4 Å². The molecule has 1 aromatic rings. The number of amides is 1. The van der Waals surface area contributed by atoms with Gasteiger partial charge in [0.15, 0.2) is 0 Å². The smallest absolute Gasteiger partial charge is 0.239 e. The molecule has 106 valence electrons. The van der Waals surface area contributed by atoms with E-state index in [1.807, 2.05) is 0 Å². The third-order valence-corrected chi connectivity index (χ3v) is 3.33. The summed E-state index contributed by atoms with van der Waals surface area (Å²) in [4.78, 5) is 11.5. The van der Waals surface area contributed by atoms with Gasteiger partial charge in [-0.05, 0) is 18.6 Å². The molecule has 0 aromatic heterocycles. The fourth-order valence-electron chi connectivity index (χ4n) is 1.34. The van der Waals surface area contributed by atoms with Gasteiger partial charge >= 0.3 is 0 Å². The van der Waals surface area contributed by atoms with Crippen LogP contribution in [0.15, 0.2) is 12.1 Å². The highest BCUT2D eigenvalue weighted by Crippen LogP contribution is 2.31. The number of methoxy groups -OCH3 is 1. The molecular weight excluding hydrogens is 311 g/mol. The molecule has 0 aliphatic carbocycles. The Morgan fingerprint density at radius 1 is 1.21 bits per heavy atom. The fourth-order valence-corrected chi connectivity index (χ4v) is 1.95. The maximum absolute atomic E-state index is 11.5. The Labute approximate surface area is 127 Å². The summed E-state index contributed by atoms with van der Waals surface area (Å²) in [6, 6.07) is 3.12. The number of rotatable bonds is 7. The molecule has 4 nitrogen and oxygen atoms in total. The van der Waals surface area contributed by atoms with E-state index in [4.69, 9.17) is 39.5 Å². The number of carbonyl (C=O) groups excluding carboxylic acids is 1. The van der Waals surface area contributed by atoms with E-state index >= 15 is 0 Å². The number of nitrogens with one attached hydrogen (secondary N) is 2. The van der Waals surface area contributed by atoms with Crippen LogP contribution in [0.2, 0.25) is 15.1 Å². The minimum Gasteiger partial charge on any atom is -0.385 e. The van der Waals surface area contributed by atoms with Crippen molar-refractivity contribution >= 4 is 46.4 Å². The van der Waals surface area contributed by atoms with E-state index in [1.165, 1.54) is 6.07 Å². The van der Waals surface area contributed by atoms with Crippen molar-refractivity contribution in [1.29, 1.82) is 0 Å². The molecule has 0 bridgehead atoms. The normalized spacial score (nSPS) is 10.3. The van der Waals surface area contributed by atoms with Crippen LogP contribution in [0, 0.1) is 0 Å². The third-order valence-electron chi connectivity index (χ3n) is 2.30. The first-order valence-electron chi connectivity index (χ1n) is 5.68. The first kappa shape index (κ1) is 16.4. The van der Waals surface area contributed by atoms with Gasteiger partial charge in [-0.15, -0.1) is 0 Å². The van der Waals surface area contributed by atoms with Crippen molar-refractivity contribution in [2.24, 2.45) is 0 Å². The Morgan fingerprint density at radius 3 is 2.58 bits per heavy atom. The summed E-state index contributed by atoms with van der Waals surface area (Å²) in [5.41, 5.74) is 0.572. The van der Waals surface area contributed by atoms with Gasteiger partial charge in [0.2, 0.25) is 5.91 Å². The summed E-state index contributed by atoms with van der Waals surface area (Å²) < 4.78 is 4.88. The molecule has 2 N–H and O–H groups in total. The van der Waals surface area contributed by atoms with Crippen molar-refractivity contribution in [1.82, 2.24) is 5.32 Å². The van der Waals surface area contributed by atoms with E-state index in [-0.39, 0.29) is 12.5 Å². The molecule has 0 saturated carbocycles. The zero-order chi connectivity index (χ0) is 14.3. The van der Waals surface area contributed by atoms with Crippen molar-refractivity contribution in [2.75, 3.05) is 32.1 Å². The van der Waals surface area contributed by atoms with Crippen LogP contribution < -0.4 is 10.6 Å². The van der Waals surface area contributed by atoms with E-state index in [0.717, 1.165) is 6.42 Å². The largest absolute Gasteiger partial charge is 0.385 e. The number of hydrogen-bond acceptors (Lipinski definition) is 3. The molecule has 0 heterocycles. The molecule has 0 unspecified atom stereocenters. The number of ether oxygens (including phenoxy) is 1. The Kier molecular flexibility index (Phi) is 7.31. The van der Waals surface area contributed by atoms with Crippen molar-refractivity contribution in [2.45, 2.75) is 6.42 Å². The second kappa shape index (κ2) is 8.48. The second-order valence-corrected chi connectivity index (χ2v) is 5.02. The molecule has 0 aliphatic heterocycles. The predicted molar refractivity (Wildman–Crippen MR) is 79.5 cm³/mol. The Balaban J connectivity index is 2.40. The maximum Gasteiger partial charge on any atom is 0.239 e. The monoisotopic (exact) mass is 324 g/mol. The lowest BCUT2D eigenvalue weighted by Crippen LogP contribution is -2.31. The lowest BCUT2D eigenvalue weighted by Gasteiger charge is -2.10. The van der Waals surface area contributed by atoms with Gasteiger partial charge in [0, 0.05) is 20.3 Å². The van der Waals surface area contributed by atoms with E-state index in [2.05, 4.69) is 10.6 Å². The summed E-state index contributed by atoms with van der Waals surface area (Å²) in [7, 11) is 1.62. The molecule has 0 atom stereocenters. The molecule has 7 heteroatoms. The zero-order valence-corrected chi connectivity index (χ0v) is 12.7. The number of hydrogen-bond donors (Lipinski definition) is 2. The summed E-state index contributed by atoms with van der Waals surface area (Å²) in [5.74, 6) is -0.127. The Hall–Kier alpha value is -0.680. The van der Waals surface area contributed by atoms with E-state index in [9.17, 15) is 4.79 Å². The SMILES string of the molecule is COCCCNC(=O)CNc1cc(Cl)c(Cl)cc1Cl. The van der Waals surface area contributed by atoms with Crippen molar-refractivity contribution < 1.29 is 9.53 Å². The summed E-state index contributed by atoms with van der Waals surface area (Å²) in [6.45, 7) is 1.31. The number of halogens is 3. The highest BCUT2D eigenvalue weighted by molar-refractivity contribution is 6.44. The van der Waals surface area contributed by atoms with Crippen LogP contribution >= 0.6 is 34.8 Å². The summed E-state index contributed by atoms with van der Waals surface area (Å²) in [6.07, 6.45) is 0.774. The van der Waals surface area contributed by atoms with Crippen molar-refractivity contribution in [3.8, 4) is 0 Å². The maximum atomic E-state index is 11.5. The minimum atomic E-state index is -0.127. The molecule has 0 saturated heterocycles. The number of carbonyl (C=O) groups is 1. The molecule has 0 radical (unpaired) electrons. The van der Waals surface area contributed by atoms with Crippen molar-refractivity contribution in [3.63, 3.8) is 0 Å². The van der Waals surface area contributed by atoms with Crippen molar-refractivity contribution in [3.05, 3.63) is 27.2 Å². The van der Waals surface area contributed by atoms with Crippen LogP contribution in [-0.2, 0) is 9.53 Å². The van der Waals surface area contributed by atoms with Gasteiger partial charge in [-0.1, -0.05) is 34.8 Å². The fraction of sp³-hybridized carbons (Fsp3) is 0.417. The summed E-state index contributed by atoms with van der Waals surface area (Å²) >= 11 is 17.7. The lowest BCUT2D eigenvalue weighted by molar-refractivity contribution is -0.119. The highest BCUT2D eigenvalue weighted by atomic mass is 35.5. The van der Waals surface area contributed by atoms with Crippen LogP contribution in [0.25, 0.3) is 0 Å². The first-order valence-corrected chi connectivity index (χ1v) is 6.82. The van der Waals surface area contributed by atoms with Crippen LogP contribution in [0.3, 0.4) is 0 Å². The van der Waals surface area contributed by atoms with Gasteiger partial charge in [-0.2, -0.15) is 0 Å². The molecule has 0 spiro atoms. The Morgan fingerprint density at radius 2 is 1.89 bits per heavy atom. The van der Waals surface area contributed by atoms with Gasteiger partial charge < -0.3 is 15.4 Å². The lowest BCUT2D eigenvalue weighted by atomic mass is 10.3. The molecule has 19 heavy (non-hydrogen) atoms. The Bertz CT molecular complexity index is 441. The van der Waals surface area contributed by atoms with Gasteiger partial charge in [-0.25, -0.2) is 0 Å². The number of benzene rings is 1. The molecular formula is C12H15Cl3N2O2. The van der Waals surface area contributed by atoms with Crippen LogP contribution in [-0.4, -0.2) is 32.7 Å². The van der Waals surface area contributed by atoms with Gasteiger partial charge in [-0.3, -0.25) is 4.79 Å². The van der Waals surface area contributed by atoms with Crippen LogP contribution in [0.4, 0.5) is 5.69 Å². The van der Waals surface area contributed by atoms with Crippen LogP contribution in [0.5, 0.6) is 0 Å². The van der Waals surface area contributed by atoms with E-state index in [1.54, 1.807) is 13.2 Å². The molecule has 1 rings (SSSR count). The van der Waals surface area contributed by atoms with E-state index in [0.29, 0.717) is 33.9 Å². The van der Waals surface area contributed by atoms with Gasteiger partial charge in [0.05, 0.1) is 27.3 Å².